The number of carbonyl (C=O) groups excluding carboxylic acids is 1. The van der Waals surface area contributed by atoms with Crippen LogP contribution in [0.2, 0.25) is 0 Å². The molecule has 0 bridgehead atoms. The zero-order valence-electron chi connectivity index (χ0n) is 13.6. The minimum absolute atomic E-state index is 0.217. The van der Waals surface area contributed by atoms with Gasteiger partial charge in [-0.1, -0.05) is 42.5 Å². The van der Waals surface area contributed by atoms with Gasteiger partial charge in [0.05, 0.1) is 6.42 Å². The second-order valence-corrected chi connectivity index (χ2v) is 5.82. The van der Waals surface area contributed by atoms with Gasteiger partial charge in [-0.05, 0) is 35.8 Å². The first-order valence-corrected chi connectivity index (χ1v) is 7.95. The van der Waals surface area contributed by atoms with Crippen LogP contribution in [0.3, 0.4) is 0 Å². The van der Waals surface area contributed by atoms with Crippen molar-refractivity contribution in [1.82, 2.24) is 0 Å². The molecule has 0 saturated carbocycles. The van der Waals surface area contributed by atoms with Crippen molar-refractivity contribution in [1.29, 1.82) is 0 Å². The second-order valence-electron chi connectivity index (χ2n) is 5.82. The summed E-state index contributed by atoms with van der Waals surface area (Å²) in [6.45, 7) is 2.52. The molecule has 0 unspecified atom stereocenters. The number of carbonyl (C=O) groups is 1. The summed E-state index contributed by atoms with van der Waals surface area (Å²) >= 11 is 0. The van der Waals surface area contributed by atoms with Gasteiger partial charge in [-0.2, -0.15) is 0 Å². The minimum Gasteiger partial charge on any atom is -0.490 e. The van der Waals surface area contributed by atoms with Gasteiger partial charge >= 0.3 is 5.97 Å². The molecule has 1 aliphatic rings. The van der Waals surface area contributed by atoms with Gasteiger partial charge in [-0.25, -0.2) is 0 Å². The number of hydrogen-bond donors (Lipinski definition) is 1. The molecule has 0 aromatic heterocycles. The van der Waals surface area contributed by atoms with Crippen LogP contribution in [0.1, 0.15) is 36.1 Å². The van der Waals surface area contributed by atoms with Crippen molar-refractivity contribution in [3.8, 4) is 5.75 Å². The van der Waals surface area contributed by atoms with Gasteiger partial charge < -0.3 is 14.6 Å². The van der Waals surface area contributed by atoms with Crippen LogP contribution in [0.5, 0.6) is 5.75 Å². The highest BCUT2D eigenvalue weighted by molar-refractivity contribution is 5.75. The van der Waals surface area contributed by atoms with Crippen LogP contribution in [-0.4, -0.2) is 17.7 Å². The van der Waals surface area contributed by atoms with Crippen LogP contribution in [0.15, 0.2) is 54.6 Å². The Morgan fingerprint density at radius 3 is 2.88 bits per heavy atom. The maximum atomic E-state index is 11.9. The lowest BCUT2D eigenvalue weighted by Crippen LogP contribution is -2.03. The maximum absolute atomic E-state index is 11.9. The standard InChI is InChI=1S/C20H20O4/c1-14(16-8-9-19-17(11-16)18(21)13-23-19)7-10-20(22)24-12-15-5-3-2-4-6-15/h2-9,11,18,21H,10,12-13H2,1H3/t18-/m0/s1. The lowest BCUT2D eigenvalue weighted by molar-refractivity contribution is -0.143. The van der Waals surface area contributed by atoms with Crippen LogP contribution in [0.25, 0.3) is 5.57 Å². The predicted molar refractivity (Wildman–Crippen MR) is 91.4 cm³/mol. The van der Waals surface area contributed by atoms with Crippen LogP contribution in [0, 0.1) is 0 Å². The van der Waals surface area contributed by atoms with Crippen LogP contribution in [-0.2, 0) is 16.1 Å². The van der Waals surface area contributed by atoms with Gasteiger partial charge in [0, 0.05) is 5.56 Å². The molecule has 0 saturated heterocycles. The first-order chi connectivity index (χ1) is 11.6. The Kier molecular flexibility index (Phi) is 4.96. The molecule has 1 N–H and O–H groups in total. The first-order valence-electron chi connectivity index (χ1n) is 7.95. The molecule has 0 fully saturated rings. The number of esters is 1. The van der Waals surface area contributed by atoms with Crippen LogP contribution < -0.4 is 4.74 Å². The number of hydrogen-bond acceptors (Lipinski definition) is 4. The highest BCUT2D eigenvalue weighted by atomic mass is 16.5. The zero-order valence-corrected chi connectivity index (χ0v) is 13.6. The van der Waals surface area contributed by atoms with Crippen molar-refractivity contribution in [2.45, 2.75) is 26.1 Å². The highest BCUT2D eigenvalue weighted by Crippen LogP contribution is 2.34. The van der Waals surface area contributed by atoms with Gasteiger partial charge in [-0.3, -0.25) is 4.79 Å². The Hall–Kier alpha value is -2.59. The SMILES string of the molecule is CC(=CCC(=O)OCc1ccccc1)c1ccc2c(c1)[C@@H](O)CO2. The van der Waals surface area contributed by atoms with Crippen LogP contribution in [0.4, 0.5) is 0 Å². The molecule has 0 aliphatic carbocycles. The number of allylic oxidation sites excluding steroid dienone is 1. The quantitative estimate of drug-likeness (QED) is 0.853. The lowest BCUT2D eigenvalue weighted by Gasteiger charge is -2.07. The summed E-state index contributed by atoms with van der Waals surface area (Å²) in [7, 11) is 0. The summed E-state index contributed by atoms with van der Waals surface area (Å²) in [4.78, 5) is 11.9. The molecule has 3 rings (SSSR count). The summed E-state index contributed by atoms with van der Waals surface area (Å²) in [6.07, 6.45) is 1.48. The van der Waals surface area contributed by atoms with E-state index in [4.69, 9.17) is 9.47 Å². The summed E-state index contributed by atoms with van der Waals surface area (Å²) in [6, 6.07) is 15.3. The van der Waals surface area contributed by atoms with Crippen molar-refractivity contribution in [2.75, 3.05) is 6.61 Å². The Bertz CT molecular complexity index is 749. The van der Waals surface area contributed by atoms with Crippen LogP contribution >= 0.6 is 0 Å². The summed E-state index contributed by atoms with van der Waals surface area (Å²) in [5.41, 5.74) is 3.70. The number of rotatable bonds is 5. The Balaban J connectivity index is 1.58. The van der Waals surface area contributed by atoms with E-state index in [1.165, 1.54) is 0 Å². The first kappa shape index (κ1) is 16.3. The summed E-state index contributed by atoms with van der Waals surface area (Å²) in [5.74, 6) is 0.462. The van der Waals surface area contributed by atoms with Gasteiger partial charge in [0.1, 0.15) is 25.1 Å². The maximum Gasteiger partial charge on any atom is 0.309 e. The Morgan fingerprint density at radius 1 is 1.29 bits per heavy atom. The zero-order chi connectivity index (χ0) is 16.9. The monoisotopic (exact) mass is 324 g/mol. The molecular formula is C20H20O4. The van der Waals surface area contributed by atoms with Gasteiger partial charge in [0.15, 0.2) is 0 Å². The van der Waals surface area contributed by atoms with E-state index in [1.807, 2.05) is 61.5 Å². The van der Waals surface area contributed by atoms with Crippen molar-refractivity contribution in [3.63, 3.8) is 0 Å². The topological polar surface area (TPSA) is 55.8 Å². The molecule has 1 aliphatic heterocycles. The van der Waals surface area contributed by atoms with E-state index in [2.05, 4.69) is 0 Å². The van der Waals surface area contributed by atoms with E-state index in [-0.39, 0.29) is 19.0 Å². The third-order valence-corrected chi connectivity index (χ3v) is 4.04. The number of ether oxygens (including phenoxy) is 2. The molecular weight excluding hydrogens is 304 g/mol. The third-order valence-electron chi connectivity index (χ3n) is 4.04. The average molecular weight is 324 g/mol. The average Bonchev–Trinajstić information content (AvgIpc) is 2.99. The largest absolute Gasteiger partial charge is 0.490 e. The van der Waals surface area contributed by atoms with E-state index in [0.717, 1.165) is 28.0 Å². The van der Waals surface area contributed by atoms with Crippen molar-refractivity contribution < 1.29 is 19.4 Å². The van der Waals surface area contributed by atoms with Gasteiger partial charge in [0.2, 0.25) is 0 Å². The Morgan fingerprint density at radius 2 is 2.08 bits per heavy atom. The van der Waals surface area contributed by atoms with Gasteiger partial charge in [-0.15, -0.1) is 0 Å². The molecule has 0 amide bonds. The molecule has 1 atom stereocenters. The molecule has 2 aromatic carbocycles. The van der Waals surface area contributed by atoms with Gasteiger partial charge in [0.25, 0.3) is 0 Å². The fourth-order valence-corrected chi connectivity index (χ4v) is 2.60. The molecule has 4 heteroatoms. The summed E-state index contributed by atoms with van der Waals surface area (Å²) < 4.78 is 10.6. The molecule has 124 valence electrons. The number of benzene rings is 2. The highest BCUT2D eigenvalue weighted by Gasteiger charge is 2.21. The van der Waals surface area contributed by atoms with E-state index in [0.29, 0.717) is 6.61 Å². The van der Waals surface area contributed by atoms with Crippen molar-refractivity contribution in [3.05, 3.63) is 71.3 Å². The van der Waals surface area contributed by atoms with Crippen molar-refractivity contribution in [2.24, 2.45) is 0 Å². The fourth-order valence-electron chi connectivity index (χ4n) is 2.60. The third kappa shape index (κ3) is 3.84. The molecule has 4 nitrogen and oxygen atoms in total. The normalized spacial score (nSPS) is 16.4. The molecule has 0 spiro atoms. The van der Waals surface area contributed by atoms with E-state index in [1.54, 1.807) is 0 Å². The predicted octanol–water partition coefficient (Wildman–Crippen LogP) is 3.65. The van der Waals surface area contributed by atoms with E-state index >= 15 is 0 Å². The van der Waals surface area contributed by atoms with E-state index in [9.17, 15) is 9.90 Å². The fraction of sp³-hybridized carbons (Fsp3) is 0.250. The minimum atomic E-state index is -0.580. The number of aliphatic hydroxyl groups excluding tert-OH is 1. The molecule has 0 radical (unpaired) electrons. The molecule has 2 aromatic rings. The summed E-state index contributed by atoms with van der Waals surface area (Å²) in [5, 5.41) is 9.87. The smallest absolute Gasteiger partial charge is 0.309 e. The number of fused-ring (bicyclic) bond motifs is 1. The molecule has 24 heavy (non-hydrogen) atoms. The lowest BCUT2D eigenvalue weighted by atomic mass is 10.0. The second kappa shape index (κ2) is 7.32. The molecule has 1 heterocycles. The number of aliphatic hydroxyl groups is 1. The van der Waals surface area contributed by atoms with Crippen molar-refractivity contribution >= 4 is 11.5 Å². The Labute approximate surface area is 141 Å². The van der Waals surface area contributed by atoms with E-state index < -0.39 is 6.10 Å².